The fourth-order valence-electron chi connectivity index (χ4n) is 2.45. The lowest BCUT2D eigenvalue weighted by Crippen LogP contribution is -2.12. The molecular formula is C19H20N2O4S. The van der Waals surface area contributed by atoms with Gasteiger partial charge in [0.1, 0.15) is 5.75 Å². The van der Waals surface area contributed by atoms with Crippen LogP contribution < -0.4 is 19.5 Å². The molecule has 26 heavy (non-hydrogen) atoms. The number of benzene rings is 2. The van der Waals surface area contributed by atoms with E-state index in [2.05, 4.69) is 10.3 Å². The maximum absolute atomic E-state index is 12.6. The van der Waals surface area contributed by atoms with Gasteiger partial charge in [-0.05, 0) is 50.2 Å². The molecule has 0 aliphatic carbocycles. The second-order valence-electron chi connectivity index (χ2n) is 5.33. The van der Waals surface area contributed by atoms with Gasteiger partial charge in [0.2, 0.25) is 0 Å². The Labute approximate surface area is 155 Å². The third-order valence-corrected chi connectivity index (χ3v) is 4.56. The fourth-order valence-corrected chi connectivity index (χ4v) is 3.34. The van der Waals surface area contributed by atoms with Crippen molar-refractivity contribution < 1.29 is 19.0 Å². The second-order valence-corrected chi connectivity index (χ2v) is 6.36. The van der Waals surface area contributed by atoms with Crippen molar-refractivity contribution in [3.63, 3.8) is 0 Å². The van der Waals surface area contributed by atoms with Crippen LogP contribution in [0.3, 0.4) is 0 Å². The smallest absolute Gasteiger partial charge is 0.257 e. The summed E-state index contributed by atoms with van der Waals surface area (Å²) in [6, 6.07) is 10.7. The Morgan fingerprint density at radius 3 is 2.58 bits per heavy atom. The summed E-state index contributed by atoms with van der Waals surface area (Å²) < 4.78 is 17.3. The molecular weight excluding hydrogens is 352 g/mol. The first kappa shape index (κ1) is 18.0. The highest BCUT2D eigenvalue weighted by Crippen LogP contribution is 2.31. The largest absolute Gasteiger partial charge is 0.497 e. The Balaban J connectivity index is 1.82. The van der Waals surface area contributed by atoms with Gasteiger partial charge in [-0.25, -0.2) is 4.98 Å². The monoisotopic (exact) mass is 372 g/mol. The second kappa shape index (κ2) is 8.05. The fraction of sp³-hybridized carbons (Fsp3) is 0.263. The van der Waals surface area contributed by atoms with Crippen LogP contribution in [0.15, 0.2) is 36.4 Å². The molecule has 3 rings (SSSR count). The Bertz CT molecular complexity index is 923. The van der Waals surface area contributed by atoms with Crippen molar-refractivity contribution in [3.05, 3.63) is 42.0 Å². The topological polar surface area (TPSA) is 69.7 Å². The summed E-state index contributed by atoms with van der Waals surface area (Å²) >= 11 is 1.40. The maximum atomic E-state index is 12.6. The van der Waals surface area contributed by atoms with E-state index in [-0.39, 0.29) is 5.91 Å². The number of fused-ring (bicyclic) bond motifs is 1. The molecule has 1 heterocycles. The molecule has 0 aliphatic heterocycles. The summed E-state index contributed by atoms with van der Waals surface area (Å²) in [6.07, 6.45) is 0. The molecule has 0 unspecified atom stereocenters. The lowest BCUT2D eigenvalue weighted by molar-refractivity contribution is 0.102. The van der Waals surface area contributed by atoms with Gasteiger partial charge >= 0.3 is 0 Å². The summed E-state index contributed by atoms with van der Waals surface area (Å²) in [5.74, 6) is 1.68. The molecule has 7 heteroatoms. The number of hydrogen-bond acceptors (Lipinski definition) is 6. The number of rotatable bonds is 7. The standard InChI is InChI=1S/C19H20N2O4S/c1-4-24-15-9-6-12(10-16(15)25-5-2)18(22)21-19-20-14-8-7-13(23-3)11-17(14)26-19/h6-11H,4-5H2,1-3H3,(H,20,21,22). The molecule has 6 nitrogen and oxygen atoms in total. The summed E-state index contributed by atoms with van der Waals surface area (Å²) in [6.45, 7) is 4.81. The van der Waals surface area contributed by atoms with E-state index < -0.39 is 0 Å². The first-order valence-electron chi connectivity index (χ1n) is 8.30. The van der Waals surface area contributed by atoms with Crippen molar-refractivity contribution in [1.29, 1.82) is 0 Å². The van der Waals surface area contributed by atoms with E-state index in [9.17, 15) is 4.79 Å². The van der Waals surface area contributed by atoms with Crippen molar-refractivity contribution in [2.45, 2.75) is 13.8 Å². The van der Waals surface area contributed by atoms with E-state index >= 15 is 0 Å². The average Bonchev–Trinajstić information content (AvgIpc) is 3.04. The molecule has 1 aromatic heterocycles. The maximum Gasteiger partial charge on any atom is 0.257 e. The zero-order chi connectivity index (χ0) is 18.5. The van der Waals surface area contributed by atoms with Crippen LogP contribution in [0.4, 0.5) is 5.13 Å². The lowest BCUT2D eigenvalue weighted by Gasteiger charge is -2.12. The summed E-state index contributed by atoms with van der Waals surface area (Å²) in [5, 5.41) is 3.37. The number of amides is 1. The van der Waals surface area contributed by atoms with Crippen molar-refractivity contribution in [2.75, 3.05) is 25.6 Å². The molecule has 1 N–H and O–H groups in total. The third-order valence-electron chi connectivity index (χ3n) is 3.62. The molecule has 0 atom stereocenters. The molecule has 0 radical (unpaired) electrons. The number of nitrogens with zero attached hydrogens (tertiary/aromatic N) is 1. The van der Waals surface area contributed by atoms with E-state index in [4.69, 9.17) is 14.2 Å². The van der Waals surface area contributed by atoms with Gasteiger partial charge in [-0.1, -0.05) is 11.3 Å². The SMILES string of the molecule is CCOc1ccc(C(=O)Nc2nc3ccc(OC)cc3s2)cc1OCC. The number of thiazole rings is 1. The Kier molecular flexibility index (Phi) is 5.58. The van der Waals surface area contributed by atoms with Gasteiger partial charge < -0.3 is 14.2 Å². The van der Waals surface area contributed by atoms with Crippen LogP contribution >= 0.6 is 11.3 Å². The van der Waals surface area contributed by atoms with Gasteiger partial charge in [0, 0.05) is 5.56 Å². The Morgan fingerprint density at radius 1 is 1.08 bits per heavy atom. The minimum atomic E-state index is -0.250. The van der Waals surface area contributed by atoms with Crippen LogP contribution in [0.5, 0.6) is 17.2 Å². The van der Waals surface area contributed by atoms with Crippen molar-refractivity contribution >= 4 is 32.6 Å². The van der Waals surface area contributed by atoms with Crippen molar-refractivity contribution in [2.24, 2.45) is 0 Å². The molecule has 136 valence electrons. The van der Waals surface area contributed by atoms with Crippen LogP contribution in [0, 0.1) is 0 Å². The van der Waals surface area contributed by atoms with Gasteiger partial charge in [-0.3, -0.25) is 10.1 Å². The predicted octanol–water partition coefficient (Wildman–Crippen LogP) is 4.35. The number of carbonyl (C=O) groups excluding carboxylic acids is 1. The van der Waals surface area contributed by atoms with E-state index in [0.29, 0.717) is 35.4 Å². The third kappa shape index (κ3) is 3.88. The van der Waals surface area contributed by atoms with Crippen molar-refractivity contribution in [3.8, 4) is 17.2 Å². The van der Waals surface area contributed by atoms with Crippen LogP contribution in [0.25, 0.3) is 10.2 Å². The summed E-state index contributed by atoms with van der Waals surface area (Å²) in [4.78, 5) is 17.0. The molecule has 0 saturated heterocycles. The summed E-state index contributed by atoms with van der Waals surface area (Å²) in [7, 11) is 1.62. The first-order chi connectivity index (χ1) is 12.6. The van der Waals surface area contributed by atoms with Crippen LogP contribution in [-0.2, 0) is 0 Å². The predicted molar refractivity (Wildman–Crippen MR) is 103 cm³/mol. The van der Waals surface area contributed by atoms with E-state index in [1.165, 1.54) is 11.3 Å². The van der Waals surface area contributed by atoms with Gasteiger partial charge in [-0.2, -0.15) is 0 Å². The molecule has 0 bridgehead atoms. The number of carbonyl (C=O) groups is 1. The highest BCUT2D eigenvalue weighted by Gasteiger charge is 2.14. The van der Waals surface area contributed by atoms with E-state index in [1.54, 1.807) is 25.3 Å². The van der Waals surface area contributed by atoms with Gasteiger partial charge in [-0.15, -0.1) is 0 Å². The first-order valence-corrected chi connectivity index (χ1v) is 9.11. The molecule has 3 aromatic rings. The molecule has 0 aliphatic rings. The minimum absolute atomic E-state index is 0.250. The van der Waals surface area contributed by atoms with Crippen LogP contribution in [-0.4, -0.2) is 31.2 Å². The van der Waals surface area contributed by atoms with Gasteiger partial charge in [0.15, 0.2) is 16.6 Å². The zero-order valence-electron chi connectivity index (χ0n) is 14.9. The highest BCUT2D eigenvalue weighted by atomic mass is 32.1. The molecule has 2 aromatic carbocycles. The van der Waals surface area contributed by atoms with Crippen molar-refractivity contribution in [1.82, 2.24) is 4.98 Å². The van der Waals surface area contributed by atoms with E-state index in [1.807, 2.05) is 32.0 Å². The quantitative estimate of drug-likeness (QED) is 0.667. The molecule has 1 amide bonds. The van der Waals surface area contributed by atoms with E-state index in [0.717, 1.165) is 16.0 Å². The number of anilines is 1. The lowest BCUT2D eigenvalue weighted by atomic mass is 10.2. The van der Waals surface area contributed by atoms with Crippen LogP contribution in [0.2, 0.25) is 0 Å². The molecule has 0 fully saturated rings. The van der Waals surface area contributed by atoms with Crippen LogP contribution in [0.1, 0.15) is 24.2 Å². The highest BCUT2D eigenvalue weighted by molar-refractivity contribution is 7.22. The van der Waals surface area contributed by atoms with Gasteiger partial charge in [0.05, 0.1) is 30.5 Å². The Hall–Kier alpha value is -2.80. The number of aromatic nitrogens is 1. The number of nitrogens with one attached hydrogen (secondary N) is 1. The normalized spacial score (nSPS) is 10.6. The number of hydrogen-bond donors (Lipinski definition) is 1. The molecule has 0 spiro atoms. The minimum Gasteiger partial charge on any atom is -0.497 e. The summed E-state index contributed by atoms with van der Waals surface area (Å²) in [5.41, 5.74) is 1.29. The number of methoxy groups -OCH3 is 1. The zero-order valence-corrected chi connectivity index (χ0v) is 15.7. The average molecular weight is 372 g/mol. The molecule has 0 saturated carbocycles. The Morgan fingerprint density at radius 2 is 1.85 bits per heavy atom. The number of ether oxygens (including phenoxy) is 3. The van der Waals surface area contributed by atoms with Gasteiger partial charge in [0.25, 0.3) is 5.91 Å².